The van der Waals surface area contributed by atoms with E-state index >= 15 is 0 Å². The van der Waals surface area contributed by atoms with Gasteiger partial charge < -0.3 is 14.7 Å². The lowest BCUT2D eigenvalue weighted by Crippen LogP contribution is -2.49. The minimum Gasteiger partial charge on any atom is -0.343 e. The number of piperidine rings is 1. The molecule has 1 aromatic rings. The topological polar surface area (TPSA) is 60.9 Å². The van der Waals surface area contributed by atoms with Crippen molar-refractivity contribution in [2.75, 3.05) is 32.7 Å². The molecular weight excluding hydrogens is 378 g/mol. The maximum absolute atomic E-state index is 13.3. The number of hydrogen-bond donors (Lipinski definition) is 0. The summed E-state index contributed by atoms with van der Waals surface area (Å²) in [4.78, 5) is 43.7. The molecule has 1 aromatic carbocycles. The molecule has 0 aromatic heterocycles. The Hall–Kier alpha value is -2.37. The van der Waals surface area contributed by atoms with Crippen LogP contribution in [0.3, 0.4) is 0 Å². The van der Waals surface area contributed by atoms with Crippen molar-refractivity contribution in [2.24, 2.45) is 5.92 Å². The van der Waals surface area contributed by atoms with E-state index in [2.05, 4.69) is 0 Å². The van der Waals surface area contributed by atoms with Gasteiger partial charge in [-0.25, -0.2) is 0 Å². The van der Waals surface area contributed by atoms with Gasteiger partial charge in [-0.15, -0.1) is 0 Å². The molecule has 4 rings (SSSR count). The minimum absolute atomic E-state index is 0.140. The number of carbonyl (C=O) groups is 3. The number of fused-ring (bicyclic) bond motifs is 1. The zero-order chi connectivity index (χ0) is 21.1. The van der Waals surface area contributed by atoms with E-state index in [0.717, 1.165) is 50.9 Å². The highest BCUT2D eigenvalue weighted by Crippen LogP contribution is 2.33. The summed E-state index contributed by atoms with van der Waals surface area (Å²) in [6.07, 6.45) is 4.89. The van der Waals surface area contributed by atoms with Gasteiger partial charge in [0.15, 0.2) is 0 Å². The minimum atomic E-state index is -0.160. The van der Waals surface area contributed by atoms with Crippen LogP contribution in [0.4, 0.5) is 0 Å². The Labute approximate surface area is 179 Å². The van der Waals surface area contributed by atoms with Gasteiger partial charge in [0.25, 0.3) is 0 Å². The normalized spacial score (nSPS) is 24.8. The molecule has 0 N–H and O–H groups in total. The first-order chi connectivity index (χ1) is 14.5. The van der Waals surface area contributed by atoms with Crippen molar-refractivity contribution in [3.05, 3.63) is 35.9 Å². The predicted octanol–water partition coefficient (Wildman–Crippen LogP) is 2.64. The Morgan fingerprint density at radius 2 is 1.90 bits per heavy atom. The number of amides is 3. The number of rotatable bonds is 6. The molecule has 6 heteroatoms. The molecule has 162 valence electrons. The Balaban J connectivity index is 1.32. The van der Waals surface area contributed by atoms with Crippen LogP contribution in [0.2, 0.25) is 0 Å². The lowest BCUT2D eigenvalue weighted by Gasteiger charge is -2.38. The summed E-state index contributed by atoms with van der Waals surface area (Å²) in [7, 11) is 0. The van der Waals surface area contributed by atoms with Crippen molar-refractivity contribution in [1.29, 1.82) is 0 Å². The molecule has 0 saturated carbocycles. The van der Waals surface area contributed by atoms with Gasteiger partial charge in [0.2, 0.25) is 17.7 Å². The van der Waals surface area contributed by atoms with Crippen LogP contribution in [-0.2, 0) is 14.4 Å². The number of benzene rings is 1. The third kappa shape index (κ3) is 4.37. The van der Waals surface area contributed by atoms with Crippen molar-refractivity contribution in [3.63, 3.8) is 0 Å². The second kappa shape index (κ2) is 9.19. The van der Waals surface area contributed by atoms with Gasteiger partial charge in [-0.3, -0.25) is 14.4 Å². The van der Waals surface area contributed by atoms with Gasteiger partial charge in [0.05, 0.1) is 12.0 Å². The largest absolute Gasteiger partial charge is 0.343 e. The molecule has 3 amide bonds. The van der Waals surface area contributed by atoms with Crippen LogP contribution in [0, 0.1) is 5.92 Å². The van der Waals surface area contributed by atoms with E-state index in [4.69, 9.17) is 0 Å². The maximum atomic E-state index is 13.3. The second-order valence-electron chi connectivity index (χ2n) is 9.02. The first-order valence-electron chi connectivity index (χ1n) is 11.5. The highest BCUT2D eigenvalue weighted by atomic mass is 16.2. The van der Waals surface area contributed by atoms with Crippen LogP contribution >= 0.6 is 0 Å². The van der Waals surface area contributed by atoms with Crippen molar-refractivity contribution in [2.45, 2.75) is 57.4 Å². The fourth-order valence-electron chi connectivity index (χ4n) is 5.31. The Bertz CT molecular complexity index is 781. The summed E-state index contributed by atoms with van der Waals surface area (Å²) in [5, 5.41) is 0. The Kier molecular flexibility index (Phi) is 6.40. The van der Waals surface area contributed by atoms with Gasteiger partial charge in [0.1, 0.15) is 0 Å². The molecule has 30 heavy (non-hydrogen) atoms. The Morgan fingerprint density at radius 1 is 1.10 bits per heavy atom. The van der Waals surface area contributed by atoms with Crippen LogP contribution < -0.4 is 0 Å². The number of nitrogens with zero attached hydrogens (tertiary/aromatic N) is 3. The van der Waals surface area contributed by atoms with Gasteiger partial charge in [0, 0.05) is 45.6 Å². The summed E-state index contributed by atoms with van der Waals surface area (Å²) in [6, 6.07) is 10.1. The fraction of sp³-hybridized carbons (Fsp3) is 0.625. The average Bonchev–Trinajstić information content (AvgIpc) is 3.39. The first kappa shape index (κ1) is 20.9. The van der Waals surface area contributed by atoms with Crippen molar-refractivity contribution in [3.8, 4) is 0 Å². The molecule has 3 fully saturated rings. The second-order valence-corrected chi connectivity index (χ2v) is 9.02. The summed E-state index contributed by atoms with van der Waals surface area (Å²) in [5.41, 5.74) is 1.05. The number of hydrogen-bond acceptors (Lipinski definition) is 3. The predicted molar refractivity (Wildman–Crippen MR) is 115 cm³/mol. The molecule has 3 saturated heterocycles. The SMILES string of the molecule is C[C@@H](C(=O)N1CCC[C@H]2CN(C(=O)CCCN3CCCC3=O)C[C@H]21)c1ccccc1. The van der Waals surface area contributed by atoms with Gasteiger partial charge in [-0.1, -0.05) is 30.3 Å². The van der Waals surface area contributed by atoms with E-state index in [9.17, 15) is 14.4 Å². The highest BCUT2D eigenvalue weighted by molar-refractivity contribution is 5.84. The zero-order valence-corrected chi connectivity index (χ0v) is 18.0. The zero-order valence-electron chi connectivity index (χ0n) is 18.0. The molecule has 0 radical (unpaired) electrons. The molecule has 6 nitrogen and oxygen atoms in total. The van der Waals surface area contributed by atoms with E-state index in [0.29, 0.717) is 31.8 Å². The van der Waals surface area contributed by atoms with E-state index in [1.54, 1.807) is 0 Å². The molecule has 3 aliphatic rings. The lowest BCUT2D eigenvalue weighted by atomic mass is 9.90. The standard InChI is InChI=1S/C24H33N3O3/c1-18(19-8-3-2-4-9-19)24(30)27-15-5-10-20-16-26(17-21(20)27)23(29)12-7-14-25-13-6-11-22(25)28/h2-4,8-9,18,20-21H,5-7,10-17H2,1H3/t18-,20+,21-/m1/s1. The van der Waals surface area contributed by atoms with Gasteiger partial charge in [-0.05, 0) is 44.1 Å². The van der Waals surface area contributed by atoms with E-state index < -0.39 is 0 Å². The number of carbonyl (C=O) groups excluding carboxylic acids is 3. The van der Waals surface area contributed by atoms with E-state index in [1.165, 1.54) is 0 Å². The van der Waals surface area contributed by atoms with E-state index in [-0.39, 0.29) is 29.7 Å². The molecule has 0 unspecified atom stereocenters. The molecule has 3 heterocycles. The monoisotopic (exact) mass is 411 g/mol. The summed E-state index contributed by atoms with van der Waals surface area (Å²) in [6.45, 7) is 5.70. The molecule has 0 spiro atoms. The smallest absolute Gasteiger partial charge is 0.230 e. The third-order valence-electron chi connectivity index (χ3n) is 7.08. The molecule has 3 atom stereocenters. The quantitative estimate of drug-likeness (QED) is 0.723. The molecule has 0 bridgehead atoms. The van der Waals surface area contributed by atoms with Crippen LogP contribution in [0.5, 0.6) is 0 Å². The fourth-order valence-corrected chi connectivity index (χ4v) is 5.31. The third-order valence-corrected chi connectivity index (χ3v) is 7.08. The molecule has 0 aliphatic carbocycles. The summed E-state index contributed by atoms with van der Waals surface area (Å²) in [5.74, 6) is 0.788. The number of likely N-dealkylation sites (tertiary alicyclic amines) is 3. The Morgan fingerprint density at radius 3 is 2.63 bits per heavy atom. The molecule has 3 aliphatic heterocycles. The maximum Gasteiger partial charge on any atom is 0.230 e. The average molecular weight is 412 g/mol. The highest BCUT2D eigenvalue weighted by Gasteiger charge is 2.43. The first-order valence-corrected chi connectivity index (χ1v) is 11.5. The van der Waals surface area contributed by atoms with Crippen LogP contribution in [0.15, 0.2) is 30.3 Å². The van der Waals surface area contributed by atoms with Crippen LogP contribution in [0.1, 0.15) is 56.9 Å². The summed E-state index contributed by atoms with van der Waals surface area (Å²) >= 11 is 0. The van der Waals surface area contributed by atoms with Gasteiger partial charge in [-0.2, -0.15) is 0 Å². The molecular formula is C24H33N3O3. The summed E-state index contributed by atoms with van der Waals surface area (Å²) < 4.78 is 0. The van der Waals surface area contributed by atoms with Crippen molar-refractivity contribution < 1.29 is 14.4 Å². The lowest BCUT2D eigenvalue weighted by molar-refractivity contribution is -0.137. The van der Waals surface area contributed by atoms with Crippen molar-refractivity contribution in [1.82, 2.24) is 14.7 Å². The van der Waals surface area contributed by atoms with Crippen LogP contribution in [0.25, 0.3) is 0 Å². The van der Waals surface area contributed by atoms with E-state index in [1.807, 2.05) is 52.0 Å². The van der Waals surface area contributed by atoms with Crippen molar-refractivity contribution >= 4 is 17.7 Å². The van der Waals surface area contributed by atoms with Crippen LogP contribution in [-0.4, -0.2) is 71.2 Å². The van der Waals surface area contributed by atoms with Gasteiger partial charge >= 0.3 is 0 Å².